The van der Waals surface area contributed by atoms with Gasteiger partial charge >= 0.3 is 0 Å². The summed E-state index contributed by atoms with van der Waals surface area (Å²) in [6.45, 7) is 16.3. The monoisotopic (exact) mass is 344 g/mol. The lowest BCUT2D eigenvalue weighted by Crippen LogP contribution is -2.01. The number of allylic oxidation sites excluding steroid dienone is 1. The largest absolute Gasteiger partial charge is 0.505 e. The number of aryl methyl sites for hydroxylation is 1. The Bertz CT molecular complexity index is 967. The second-order valence-corrected chi connectivity index (χ2v) is 5.33. The zero-order chi connectivity index (χ0) is 16.7. The van der Waals surface area contributed by atoms with Gasteiger partial charge < -0.3 is 9.95 Å². The van der Waals surface area contributed by atoms with Crippen LogP contribution >= 0.6 is 23.2 Å². The molecular formula is C14H6Cl2N6O. The summed E-state index contributed by atoms with van der Waals surface area (Å²) in [6.07, 6.45) is 0. The lowest BCUT2D eigenvalue weighted by Gasteiger charge is -2.02. The van der Waals surface area contributed by atoms with Crippen LogP contribution in [0.3, 0.4) is 0 Å². The molecule has 0 fully saturated rings. The topological polar surface area (TPSA) is 72.0 Å². The fourth-order valence-corrected chi connectivity index (χ4v) is 2.62. The SMILES string of the molecule is [C-]#[N+]C1=C([N+]#[C-])n2c(C)nnc2C1=Nc1cc(Cl)c(O)c(Cl)c1. The third-order valence-corrected chi connectivity index (χ3v) is 3.72. The zero-order valence-corrected chi connectivity index (χ0v) is 13.1. The van der Waals surface area contributed by atoms with Gasteiger partial charge in [0.25, 0.3) is 0 Å². The van der Waals surface area contributed by atoms with E-state index in [1.165, 1.54) is 16.7 Å². The third-order valence-electron chi connectivity index (χ3n) is 3.14. The van der Waals surface area contributed by atoms with Gasteiger partial charge in [-0.1, -0.05) is 29.8 Å². The van der Waals surface area contributed by atoms with Gasteiger partial charge in [0.05, 0.1) is 22.3 Å². The van der Waals surface area contributed by atoms with Gasteiger partial charge in [-0.3, -0.25) is 4.99 Å². The molecule has 2 aromatic rings. The summed E-state index contributed by atoms with van der Waals surface area (Å²) in [7, 11) is 0. The van der Waals surface area contributed by atoms with Crippen LogP contribution in [-0.4, -0.2) is 25.6 Å². The Balaban J connectivity index is 2.26. The number of phenolic OH excluding ortho intramolecular Hbond substituents is 1. The van der Waals surface area contributed by atoms with Crippen molar-refractivity contribution >= 4 is 40.4 Å². The van der Waals surface area contributed by atoms with Crippen molar-refractivity contribution < 1.29 is 5.11 Å². The molecule has 1 aromatic heterocycles. The molecule has 0 spiro atoms. The minimum absolute atomic E-state index is 0.0336. The Labute approximate surface area is 140 Å². The van der Waals surface area contributed by atoms with Crippen LogP contribution in [0.25, 0.3) is 15.5 Å². The molecule has 0 aliphatic carbocycles. The van der Waals surface area contributed by atoms with Crippen molar-refractivity contribution in [1.82, 2.24) is 14.8 Å². The van der Waals surface area contributed by atoms with Gasteiger partial charge in [-0.05, 0) is 12.1 Å². The highest BCUT2D eigenvalue weighted by Gasteiger charge is 2.34. The zero-order valence-electron chi connectivity index (χ0n) is 11.5. The molecule has 0 unspecified atom stereocenters. The number of hydrogen-bond acceptors (Lipinski definition) is 4. The predicted molar refractivity (Wildman–Crippen MR) is 85.5 cm³/mol. The molecule has 0 amide bonds. The number of fused-ring (bicyclic) bond motifs is 1. The number of benzene rings is 1. The molecule has 2 heterocycles. The normalized spacial score (nSPS) is 14.7. The van der Waals surface area contributed by atoms with E-state index in [2.05, 4.69) is 24.9 Å². The van der Waals surface area contributed by atoms with E-state index in [1.54, 1.807) is 6.92 Å². The average molecular weight is 345 g/mol. The molecule has 0 saturated heterocycles. The van der Waals surface area contributed by atoms with Gasteiger partial charge in [-0.15, -0.1) is 10.2 Å². The lowest BCUT2D eigenvalue weighted by atomic mass is 10.2. The minimum Gasteiger partial charge on any atom is -0.505 e. The Morgan fingerprint density at radius 3 is 2.39 bits per heavy atom. The first kappa shape index (κ1) is 15.0. The molecule has 23 heavy (non-hydrogen) atoms. The van der Waals surface area contributed by atoms with Crippen LogP contribution in [-0.2, 0) is 0 Å². The van der Waals surface area contributed by atoms with E-state index >= 15 is 0 Å². The standard InChI is InChI=1S/C14H6Cl2N6O/c1-6-20-21-14-11(10(17-2)13(18-3)22(6)14)19-7-4-8(15)12(23)9(16)5-7/h4-5,23H,1H3. The third kappa shape index (κ3) is 2.23. The molecule has 0 atom stereocenters. The van der Waals surface area contributed by atoms with Gasteiger partial charge in [-0.25, -0.2) is 9.41 Å². The number of phenols is 1. The number of aromatic nitrogens is 3. The van der Waals surface area contributed by atoms with Crippen LogP contribution in [0.1, 0.15) is 11.6 Å². The highest BCUT2D eigenvalue weighted by Crippen LogP contribution is 2.37. The Hall–Kier alpha value is -2.87. The van der Waals surface area contributed by atoms with E-state index in [1.807, 2.05) is 0 Å². The van der Waals surface area contributed by atoms with E-state index in [0.717, 1.165) is 0 Å². The van der Waals surface area contributed by atoms with Crippen molar-refractivity contribution in [3.63, 3.8) is 0 Å². The molecule has 3 rings (SSSR count). The van der Waals surface area contributed by atoms with E-state index in [0.29, 0.717) is 17.3 Å². The molecule has 1 aromatic carbocycles. The number of rotatable bonds is 1. The van der Waals surface area contributed by atoms with Crippen LogP contribution in [0.5, 0.6) is 5.75 Å². The number of hydrogen-bond donors (Lipinski definition) is 1. The summed E-state index contributed by atoms with van der Waals surface area (Å²) in [5.41, 5.74) is 0.616. The summed E-state index contributed by atoms with van der Waals surface area (Å²) < 4.78 is 1.48. The quantitative estimate of drug-likeness (QED) is 0.801. The molecule has 1 N–H and O–H groups in total. The summed E-state index contributed by atoms with van der Waals surface area (Å²) >= 11 is 11.8. The number of aromatic hydroxyl groups is 1. The smallest absolute Gasteiger partial charge is 0.245 e. The van der Waals surface area contributed by atoms with Crippen LogP contribution in [0, 0.1) is 20.1 Å². The molecule has 1 aliphatic heterocycles. The van der Waals surface area contributed by atoms with Gasteiger partial charge in [-0.2, -0.15) is 0 Å². The van der Waals surface area contributed by atoms with Gasteiger partial charge in [0.2, 0.25) is 23.2 Å². The summed E-state index contributed by atoms with van der Waals surface area (Å²) in [6, 6.07) is 2.81. The van der Waals surface area contributed by atoms with Gasteiger partial charge in [0.15, 0.2) is 5.75 Å². The first-order valence-corrected chi connectivity index (χ1v) is 6.92. The molecule has 9 heteroatoms. The summed E-state index contributed by atoms with van der Waals surface area (Å²) in [4.78, 5) is 11.1. The highest BCUT2D eigenvalue weighted by molar-refractivity contribution is 6.37. The Kier molecular flexibility index (Phi) is 3.53. The first-order valence-electron chi connectivity index (χ1n) is 6.17. The van der Waals surface area contributed by atoms with Crippen LogP contribution in [0.2, 0.25) is 10.0 Å². The van der Waals surface area contributed by atoms with Crippen molar-refractivity contribution in [2.24, 2.45) is 4.99 Å². The highest BCUT2D eigenvalue weighted by atomic mass is 35.5. The van der Waals surface area contributed by atoms with Gasteiger partial charge in [0, 0.05) is 6.92 Å². The van der Waals surface area contributed by atoms with E-state index in [4.69, 9.17) is 36.3 Å². The second kappa shape index (κ2) is 5.40. The van der Waals surface area contributed by atoms with E-state index in [-0.39, 0.29) is 33.0 Å². The van der Waals surface area contributed by atoms with Gasteiger partial charge in [0.1, 0.15) is 5.71 Å². The van der Waals surface area contributed by atoms with Crippen molar-refractivity contribution in [3.8, 4) is 5.75 Å². The Morgan fingerprint density at radius 2 is 1.83 bits per heavy atom. The van der Waals surface area contributed by atoms with Crippen LogP contribution in [0.15, 0.2) is 22.8 Å². The van der Waals surface area contributed by atoms with Crippen LogP contribution in [0.4, 0.5) is 5.69 Å². The summed E-state index contributed by atoms with van der Waals surface area (Å²) in [5, 5.41) is 17.5. The molecule has 7 nitrogen and oxygen atoms in total. The van der Waals surface area contributed by atoms with Crippen molar-refractivity contribution in [2.45, 2.75) is 6.92 Å². The van der Waals surface area contributed by atoms with Crippen molar-refractivity contribution in [3.05, 3.63) is 62.4 Å². The minimum atomic E-state index is -0.245. The maximum absolute atomic E-state index is 9.59. The number of halogens is 2. The fourth-order valence-electron chi connectivity index (χ4n) is 2.14. The predicted octanol–water partition coefficient (Wildman–Crippen LogP) is 3.70. The van der Waals surface area contributed by atoms with Crippen molar-refractivity contribution in [2.75, 3.05) is 0 Å². The maximum atomic E-state index is 9.59. The molecular weight excluding hydrogens is 339 g/mol. The second-order valence-electron chi connectivity index (χ2n) is 4.52. The molecule has 1 aliphatic rings. The van der Waals surface area contributed by atoms with Crippen molar-refractivity contribution in [1.29, 1.82) is 0 Å². The van der Waals surface area contributed by atoms with E-state index < -0.39 is 0 Å². The summed E-state index contributed by atoms with van der Waals surface area (Å²) in [5.74, 6) is 0.650. The molecule has 0 saturated carbocycles. The van der Waals surface area contributed by atoms with E-state index in [9.17, 15) is 5.11 Å². The molecule has 0 bridgehead atoms. The first-order chi connectivity index (χ1) is 11.0. The molecule has 112 valence electrons. The lowest BCUT2D eigenvalue weighted by molar-refractivity contribution is 0.476. The Morgan fingerprint density at radius 1 is 1.17 bits per heavy atom. The average Bonchev–Trinajstić information content (AvgIpc) is 3.03. The number of aliphatic imine (C=N–C) groups is 1. The number of nitrogens with zero attached hydrogens (tertiary/aromatic N) is 6. The maximum Gasteiger partial charge on any atom is 0.245 e. The molecule has 0 radical (unpaired) electrons. The van der Waals surface area contributed by atoms with Crippen LogP contribution < -0.4 is 0 Å². The fraction of sp³-hybridized carbons (Fsp3) is 0.0714.